The Morgan fingerprint density at radius 3 is 2.50 bits per heavy atom. The van der Waals surface area contributed by atoms with E-state index in [4.69, 9.17) is 32.7 Å². The van der Waals surface area contributed by atoms with Crippen LogP contribution in [0.5, 0.6) is 11.5 Å². The number of carbonyl (C=O) groups is 1. The lowest BCUT2D eigenvalue weighted by molar-refractivity contribution is -0.120. The Morgan fingerprint density at radius 1 is 0.958 bits per heavy atom. The van der Waals surface area contributed by atoms with Crippen LogP contribution in [-0.4, -0.2) is 25.7 Å². The molecule has 4 nitrogen and oxygen atoms in total. The van der Waals surface area contributed by atoms with Crippen molar-refractivity contribution in [1.82, 2.24) is 5.32 Å². The average Bonchev–Trinajstić information content (AvgIpc) is 2.58. The topological polar surface area (TPSA) is 47.6 Å². The van der Waals surface area contributed by atoms with Crippen molar-refractivity contribution in [2.45, 2.75) is 12.8 Å². The molecule has 0 bridgehead atoms. The first kappa shape index (κ1) is 16.9. The van der Waals surface area contributed by atoms with Crippen LogP contribution >= 0.6 is 23.2 Å². The van der Waals surface area contributed by atoms with E-state index < -0.39 is 0 Å². The van der Waals surface area contributed by atoms with Gasteiger partial charge in [0.05, 0.1) is 16.5 Å². The molecule has 126 valence electrons. The van der Waals surface area contributed by atoms with E-state index in [1.807, 2.05) is 18.2 Å². The summed E-state index contributed by atoms with van der Waals surface area (Å²) >= 11 is 11.8. The molecule has 0 radical (unpaired) electrons. The number of nitrogens with one attached hydrogen (secondary N) is 1. The number of fused-ring (bicyclic) bond motifs is 1. The van der Waals surface area contributed by atoms with Crippen molar-refractivity contribution >= 4 is 29.1 Å². The minimum atomic E-state index is -0.0501. The third kappa shape index (κ3) is 4.34. The monoisotopic (exact) mass is 365 g/mol. The van der Waals surface area contributed by atoms with Crippen molar-refractivity contribution in [2.75, 3.05) is 19.8 Å². The van der Waals surface area contributed by atoms with Crippen molar-refractivity contribution in [2.24, 2.45) is 0 Å². The summed E-state index contributed by atoms with van der Waals surface area (Å²) in [6.45, 7) is 1.70. The maximum atomic E-state index is 12.0. The van der Waals surface area contributed by atoms with Gasteiger partial charge >= 0.3 is 0 Å². The largest absolute Gasteiger partial charge is 0.486 e. The van der Waals surface area contributed by atoms with Crippen LogP contribution in [0.1, 0.15) is 11.1 Å². The van der Waals surface area contributed by atoms with Crippen molar-refractivity contribution in [1.29, 1.82) is 0 Å². The highest BCUT2D eigenvalue weighted by Crippen LogP contribution is 2.30. The van der Waals surface area contributed by atoms with Crippen LogP contribution < -0.4 is 14.8 Å². The van der Waals surface area contributed by atoms with Crippen molar-refractivity contribution < 1.29 is 14.3 Å². The van der Waals surface area contributed by atoms with E-state index >= 15 is 0 Å². The van der Waals surface area contributed by atoms with Gasteiger partial charge in [-0.15, -0.1) is 0 Å². The second kappa shape index (κ2) is 7.77. The zero-order valence-corrected chi connectivity index (χ0v) is 14.5. The molecule has 0 unspecified atom stereocenters. The average molecular weight is 366 g/mol. The zero-order chi connectivity index (χ0) is 16.9. The molecule has 0 atom stereocenters. The molecule has 2 aromatic carbocycles. The highest BCUT2D eigenvalue weighted by molar-refractivity contribution is 6.42. The van der Waals surface area contributed by atoms with Gasteiger partial charge in [-0.1, -0.05) is 35.3 Å². The Labute approximate surface area is 150 Å². The van der Waals surface area contributed by atoms with Gasteiger partial charge in [0.15, 0.2) is 11.5 Å². The minimum absolute atomic E-state index is 0.0501. The van der Waals surface area contributed by atoms with Gasteiger partial charge in [-0.2, -0.15) is 0 Å². The van der Waals surface area contributed by atoms with Crippen molar-refractivity contribution in [3.63, 3.8) is 0 Å². The second-order valence-electron chi connectivity index (χ2n) is 5.50. The summed E-state index contributed by atoms with van der Waals surface area (Å²) < 4.78 is 11.0. The van der Waals surface area contributed by atoms with Gasteiger partial charge in [-0.05, 0) is 41.8 Å². The molecular weight excluding hydrogens is 349 g/mol. The molecule has 0 aromatic heterocycles. The fraction of sp³-hybridized carbons (Fsp3) is 0.278. The third-order valence-electron chi connectivity index (χ3n) is 3.69. The lowest BCUT2D eigenvalue weighted by atomic mass is 10.1. The van der Waals surface area contributed by atoms with Crippen LogP contribution in [0.2, 0.25) is 10.0 Å². The summed E-state index contributed by atoms with van der Waals surface area (Å²) in [7, 11) is 0. The summed E-state index contributed by atoms with van der Waals surface area (Å²) in [5.74, 6) is 1.49. The Hall–Kier alpha value is -1.91. The van der Waals surface area contributed by atoms with Crippen LogP contribution in [0.25, 0.3) is 0 Å². The fourth-order valence-electron chi connectivity index (χ4n) is 2.49. The minimum Gasteiger partial charge on any atom is -0.486 e. The standard InChI is InChI=1S/C18H17Cl2NO3/c19-14-3-1-13(9-15(14)20)11-18(22)21-6-5-12-2-4-16-17(10-12)24-8-7-23-16/h1-4,9-10H,5-8,11H2,(H,21,22). The molecule has 1 aliphatic rings. The molecule has 0 spiro atoms. The predicted molar refractivity (Wildman–Crippen MR) is 94.3 cm³/mol. The summed E-state index contributed by atoms with van der Waals surface area (Å²) in [6.07, 6.45) is 1.00. The summed E-state index contributed by atoms with van der Waals surface area (Å²) in [4.78, 5) is 12.0. The molecule has 1 aliphatic heterocycles. The van der Waals surface area contributed by atoms with Gasteiger partial charge in [0.1, 0.15) is 13.2 Å². The number of benzene rings is 2. The van der Waals surface area contributed by atoms with Gasteiger partial charge in [0.2, 0.25) is 5.91 Å². The maximum absolute atomic E-state index is 12.0. The van der Waals surface area contributed by atoms with Gasteiger partial charge < -0.3 is 14.8 Å². The van der Waals surface area contributed by atoms with E-state index in [1.54, 1.807) is 18.2 Å². The molecule has 0 aliphatic carbocycles. The lowest BCUT2D eigenvalue weighted by Crippen LogP contribution is -2.27. The van der Waals surface area contributed by atoms with E-state index in [0.717, 1.165) is 29.0 Å². The van der Waals surface area contributed by atoms with Gasteiger partial charge in [0, 0.05) is 6.54 Å². The van der Waals surface area contributed by atoms with Gasteiger partial charge in [-0.3, -0.25) is 4.79 Å². The smallest absolute Gasteiger partial charge is 0.224 e. The molecular formula is C18H17Cl2NO3. The first-order valence-corrected chi connectivity index (χ1v) is 8.46. The molecule has 1 amide bonds. The first-order chi connectivity index (χ1) is 11.6. The number of carbonyl (C=O) groups excluding carboxylic acids is 1. The van der Waals surface area contributed by atoms with E-state index in [-0.39, 0.29) is 12.3 Å². The molecule has 3 rings (SSSR count). The van der Waals surface area contributed by atoms with Crippen LogP contribution in [0.4, 0.5) is 0 Å². The lowest BCUT2D eigenvalue weighted by Gasteiger charge is -2.18. The third-order valence-corrected chi connectivity index (χ3v) is 4.43. The predicted octanol–water partition coefficient (Wildman–Crippen LogP) is 3.67. The highest BCUT2D eigenvalue weighted by Gasteiger charge is 2.12. The van der Waals surface area contributed by atoms with Crippen LogP contribution in [0, 0.1) is 0 Å². The van der Waals surface area contributed by atoms with E-state index in [0.29, 0.717) is 29.8 Å². The SMILES string of the molecule is O=C(Cc1ccc(Cl)c(Cl)c1)NCCc1ccc2c(c1)OCCO2. The highest BCUT2D eigenvalue weighted by atomic mass is 35.5. The Kier molecular flexibility index (Phi) is 5.48. The molecule has 0 saturated carbocycles. The van der Waals surface area contributed by atoms with Crippen molar-refractivity contribution in [3.05, 3.63) is 57.6 Å². The van der Waals surface area contributed by atoms with E-state index in [2.05, 4.69) is 5.32 Å². The number of halogens is 2. The normalized spacial score (nSPS) is 12.8. The molecule has 0 saturated heterocycles. The molecule has 6 heteroatoms. The zero-order valence-electron chi connectivity index (χ0n) is 13.0. The molecule has 24 heavy (non-hydrogen) atoms. The Bertz CT molecular complexity index is 749. The number of amides is 1. The van der Waals surface area contributed by atoms with Gasteiger partial charge in [0.25, 0.3) is 0 Å². The second-order valence-corrected chi connectivity index (χ2v) is 6.32. The number of hydrogen-bond acceptors (Lipinski definition) is 3. The van der Waals surface area contributed by atoms with Gasteiger partial charge in [-0.25, -0.2) is 0 Å². The van der Waals surface area contributed by atoms with Crippen LogP contribution in [0.3, 0.4) is 0 Å². The number of hydrogen-bond donors (Lipinski definition) is 1. The fourth-order valence-corrected chi connectivity index (χ4v) is 2.81. The summed E-state index contributed by atoms with van der Waals surface area (Å²) in [5, 5.41) is 3.85. The maximum Gasteiger partial charge on any atom is 0.224 e. The quantitative estimate of drug-likeness (QED) is 0.879. The summed E-state index contributed by atoms with van der Waals surface area (Å²) in [6, 6.07) is 11.1. The molecule has 1 N–H and O–H groups in total. The van der Waals surface area contributed by atoms with E-state index in [1.165, 1.54) is 0 Å². The van der Waals surface area contributed by atoms with E-state index in [9.17, 15) is 4.79 Å². The molecule has 2 aromatic rings. The number of rotatable bonds is 5. The van der Waals surface area contributed by atoms with Crippen LogP contribution in [-0.2, 0) is 17.6 Å². The molecule has 0 fully saturated rings. The molecule has 1 heterocycles. The van der Waals surface area contributed by atoms with Crippen molar-refractivity contribution in [3.8, 4) is 11.5 Å². The summed E-state index contributed by atoms with van der Waals surface area (Å²) in [5.41, 5.74) is 1.93. The Balaban J connectivity index is 1.49. The first-order valence-electron chi connectivity index (χ1n) is 7.71. The van der Waals surface area contributed by atoms with Crippen LogP contribution in [0.15, 0.2) is 36.4 Å². The number of ether oxygens (including phenoxy) is 2. The Morgan fingerprint density at radius 2 is 1.71 bits per heavy atom.